The van der Waals surface area contributed by atoms with E-state index >= 15 is 0 Å². The Labute approximate surface area is 141 Å². The number of rotatable bonds is 4. The molecule has 11 heteroatoms. The Morgan fingerprint density at radius 1 is 0.680 bits per heavy atom. The lowest BCUT2D eigenvalue weighted by Gasteiger charge is -2.07. The van der Waals surface area contributed by atoms with Crippen molar-refractivity contribution in [2.75, 3.05) is 0 Å². The molecule has 2 aromatic rings. The summed E-state index contributed by atoms with van der Waals surface area (Å²) < 4.78 is 74.7. The zero-order chi connectivity index (χ0) is 18.8. The van der Waals surface area contributed by atoms with Crippen LogP contribution >= 0.6 is 0 Å². The smallest absolute Gasteiger partial charge is 0.347 e. The second kappa shape index (κ2) is 6.69. The summed E-state index contributed by atoms with van der Waals surface area (Å²) in [5.74, 6) is -3.10. The first kappa shape index (κ1) is 18.7. The van der Waals surface area contributed by atoms with Gasteiger partial charge in [0, 0.05) is 0 Å². The van der Waals surface area contributed by atoms with Crippen LogP contribution in [-0.4, -0.2) is 28.8 Å². The lowest BCUT2D eigenvalue weighted by molar-refractivity contribution is 0.0391. The van der Waals surface area contributed by atoms with Crippen molar-refractivity contribution >= 4 is 32.4 Å². The Bertz CT molecular complexity index is 975. The van der Waals surface area contributed by atoms with Crippen LogP contribution in [-0.2, 0) is 25.2 Å². The van der Waals surface area contributed by atoms with Crippen molar-refractivity contribution in [2.24, 2.45) is 0 Å². The lowest BCUT2D eigenvalue weighted by atomic mass is 10.2. The summed E-state index contributed by atoms with van der Waals surface area (Å²) in [4.78, 5) is 21.8. The van der Waals surface area contributed by atoms with E-state index in [9.17, 15) is 34.2 Å². The molecule has 0 atom stereocenters. The number of hydrogen-bond acceptors (Lipinski definition) is 7. The first-order valence-electron chi connectivity index (χ1n) is 6.35. The maximum atomic E-state index is 13.2. The molecule has 0 saturated carbocycles. The number of hydrogen-bond donors (Lipinski definition) is 0. The number of esters is 2. The van der Waals surface area contributed by atoms with E-state index in [0.29, 0.717) is 0 Å². The monoisotopic (exact) mass is 390 g/mol. The van der Waals surface area contributed by atoms with Crippen molar-refractivity contribution in [3.8, 4) is 0 Å². The van der Waals surface area contributed by atoms with Crippen LogP contribution in [0.15, 0.2) is 58.3 Å². The average Bonchev–Trinajstić information content (AvgIpc) is 2.53. The predicted molar refractivity (Wildman–Crippen MR) is 79.2 cm³/mol. The van der Waals surface area contributed by atoms with Gasteiger partial charge in [0.1, 0.15) is 9.79 Å². The fraction of sp³-hybridized carbons (Fsp3) is 0. The number of carbonyl (C=O) groups excluding carboxylic acids is 2. The molecule has 0 spiro atoms. The van der Waals surface area contributed by atoms with Crippen LogP contribution in [0, 0.1) is 0 Å². The lowest BCUT2D eigenvalue weighted by Crippen LogP contribution is -2.17. The van der Waals surface area contributed by atoms with Gasteiger partial charge in [0.05, 0.1) is 11.1 Å². The molecule has 132 valence electrons. The molecule has 2 aromatic carbocycles. The van der Waals surface area contributed by atoms with Crippen molar-refractivity contribution in [1.29, 1.82) is 0 Å². The van der Waals surface area contributed by atoms with Crippen LogP contribution in [0.2, 0.25) is 0 Å². The van der Waals surface area contributed by atoms with Gasteiger partial charge in [-0.05, 0) is 24.3 Å². The highest BCUT2D eigenvalue weighted by Gasteiger charge is 2.27. The topological polar surface area (TPSA) is 112 Å². The molecule has 0 bridgehead atoms. The first-order valence-corrected chi connectivity index (χ1v) is 9.12. The van der Waals surface area contributed by atoms with E-state index in [1.54, 1.807) is 0 Å². The molecule has 25 heavy (non-hydrogen) atoms. The Balaban J connectivity index is 2.40. The summed E-state index contributed by atoms with van der Waals surface area (Å²) in [5.41, 5.74) is -1.56. The van der Waals surface area contributed by atoms with Crippen LogP contribution < -0.4 is 0 Å². The molecule has 0 amide bonds. The van der Waals surface area contributed by atoms with Crippen molar-refractivity contribution in [2.45, 2.75) is 9.79 Å². The second-order valence-corrected chi connectivity index (χ2v) is 7.18. The summed E-state index contributed by atoms with van der Waals surface area (Å²) in [6.45, 7) is 0. The van der Waals surface area contributed by atoms with Crippen LogP contribution in [0.25, 0.3) is 0 Å². The molecule has 0 heterocycles. The molecule has 0 radical (unpaired) electrons. The summed E-state index contributed by atoms with van der Waals surface area (Å²) >= 11 is 0. The maximum absolute atomic E-state index is 13.2. The van der Waals surface area contributed by atoms with Gasteiger partial charge in [0.2, 0.25) is 0 Å². The van der Waals surface area contributed by atoms with Crippen LogP contribution in [0.5, 0.6) is 0 Å². The van der Waals surface area contributed by atoms with E-state index in [2.05, 4.69) is 4.74 Å². The molecule has 0 aliphatic rings. The van der Waals surface area contributed by atoms with E-state index in [0.717, 1.165) is 36.4 Å². The van der Waals surface area contributed by atoms with Gasteiger partial charge in [-0.15, -0.1) is 7.77 Å². The van der Waals surface area contributed by atoms with Gasteiger partial charge in [-0.1, -0.05) is 24.3 Å². The highest BCUT2D eigenvalue weighted by atomic mass is 32.3. The largest absolute Gasteiger partial charge is 0.386 e. The van der Waals surface area contributed by atoms with Crippen molar-refractivity contribution in [1.82, 2.24) is 0 Å². The summed E-state index contributed by atoms with van der Waals surface area (Å²) in [5, 5.41) is 0. The Morgan fingerprint density at radius 2 is 1.00 bits per heavy atom. The Kier molecular flexibility index (Phi) is 4.99. The zero-order valence-electron chi connectivity index (χ0n) is 12.0. The van der Waals surface area contributed by atoms with Crippen molar-refractivity contribution in [3.05, 3.63) is 59.7 Å². The van der Waals surface area contributed by atoms with E-state index in [1.165, 1.54) is 12.1 Å². The predicted octanol–water partition coefficient (Wildman–Crippen LogP) is 2.00. The average molecular weight is 390 g/mol. The SMILES string of the molecule is O=C(OC(=O)c1ccccc1S(=O)(=O)F)c1ccccc1S(=O)(=O)F. The normalized spacial score (nSPS) is 11.8. The minimum atomic E-state index is -5.28. The minimum absolute atomic E-state index is 0.774. The molecule has 0 fully saturated rings. The van der Waals surface area contributed by atoms with Gasteiger partial charge in [-0.25, -0.2) is 9.59 Å². The molecule has 0 saturated heterocycles. The molecule has 0 aromatic heterocycles. The van der Waals surface area contributed by atoms with Crippen LogP contribution in [0.4, 0.5) is 7.77 Å². The highest BCUT2D eigenvalue weighted by molar-refractivity contribution is 7.86. The third-order valence-electron chi connectivity index (χ3n) is 2.92. The molecule has 0 aliphatic carbocycles. The fourth-order valence-corrected chi connectivity index (χ4v) is 3.20. The standard InChI is InChI=1S/C14H8F2O7S2/c15-24(19,20)11-7-3-1-5-9(11)13(17)23-14(18)10-6-2-4-8-12(10)25(16,21)22/h1-8H. The zero-order valence-corrected chi connectivity index (χ0v) is 13.7. The summed E-state index contributed by atoms with van der Waals surface area (Å²) in [6, 6.07) is 7.98. The molecule has 2 rings (SSSR count). The maximum Gasteiger partial charge on any atom is 0.347 e. The third kappa shape index (κ3) is 4.25. The molecule has 0 N–H and O–H groups in total. The molecular formula is C14H8F2O7S2. The molecule has 0 unspecified atom stereocenters. The Hall–Kier alpha value is -2.66. The Morgan fingerprint density at radius 3 is 1.32 bits per heavy atom. The van der Waals surface area contributed by atoms with E-state index in [4.69, 9.17) is 0 Å². The molecular weight excluding hydrogens is 382 g/mol. The number of carbonyl (C=O) groups is 2. The second-order valence-electron chi connectivity index (χ2n) is 4.54. The first-order chi connectivity index (χ1) is 11.5. The van der Waals surface area contributed by atoms with Gasteiger partial charge < -0.3 is 4.74 Å². The summed E-state index contributed by atoms with van der Waals surface area (Å²) in [6.07, 6.45) is 0. The molecule has 7 nitrogen and oxygen atoms in total. The van der Waals surface area contributed by atoms with E-state index in [-0.39, 0.29) is 0 Å². The van der Waals surface area contributed by atoms with E-state index < -0.39 is 53.3 Å². The number of ether oxygens (including phenoxy) is 1. The van der Waals surface area contributed by atoms with Crippen molar-refractivity contribution < 1.29 is 38.9 Å². The summed E-state index contributed by atoms with van der Waals surface area (Å²) in [7, 11) is -10.6. The highest BCUT2D eigenvalue weighted by Crippen LogP contribution is 2.22. The number of benzene rings is 2. The third-order valence-corrected chi connectivity index (χ3v) is 4.69. The van der Waals surface area contributed by atoms with E-state index in [1.807, 2.05) is 0 Å². The van der Waals surface area contributed by atoms with Crippen molar-refractivity contribution in [3.63, 3.8) is 0 Å². The number of halogens is 2. The van der Waals surface area contributed by atoms with Crippen LogP contribution in [0.3, 0.4) is 0 Å². The van der Waals surface area contributed by atoms with Gasteiger partial charge in [-0.3, -0.25) is 0 Å². The van der Waals surface area contributed by atoms with Gasteiger partial charge in [-0.2, -0.15) is 16.8 Å². The van der Waals surface area contributed by atoms with Gasteiger partial charge >= 0.3 is 32.4 Å². The fourth-order valence-electron chi connectivity index (χ4n) is 1.89. The minimum Gasteiger partial charge on any atom is -0.386 e. The quantitative estimate of drug-likeness (QED) is 0.446. The van der Waals surface area contributed by atoms with Crippen LogP contribution in [0.1, 0.15) is 20.7 Å². The van der Waals surface area contributed by atoms with Gasteiger partial charge in [0.25, 0.3) is 0 Å². The molecule has 0 aliphatic heterocycles. The van der Waals surface area contributed by atoms with Gasteiger partial charge in [0.15, 0.2) is 0 Å².